The van der Waals surface area contributed by atoms with E-state index in [-0.39, 0.29) is 0 Å². The molecule has 5 saturated carbocycles. The van der Waals surface area contributed by atoms with E-state index >= 15 is 0 Å². The fourth-order valence-electron chi connectivity index (χ4n) is 8.89. The Bertz CT molecular complexity index is 415. The minimum absolute atomic E-state index is 1.13. The Labute approximate surface area is 163 Å². The van der Waals surface area contributed by atoms with E-state index in [4.69, 9.17) is 0 Å². The molecule has 0 aliphatic heterocycles. The zero-order valence-electron chi connectivity index (χ0n) is 17.3. The fraction of sp³-hybridized carbons (Fsp3) is 1.00. The van der Waals surface area contributed by atoms with Crippen LogP contribution in [0.5, 0.6) is 0 Å². The molecule has 0 aromatic rings. The highest BCUT2D eigenvalue weighted by Gasteiger charge is 2.52. The monoisotopic (exact) mass is 356 g/mol. The van der Waals surface area contributed by atoms with Gasteiger partial charge in [0, 0.05) is 0 Å². The van der Waals surface area contributed by atoms with E-state index in [1.165, 1.54) is 12.8 Å². The van der Waals surface area contributed by atoms with Crippen LogP contribution < -0.4 is 0 Å². The summed E-state index contributed by atoms with van der Waals surface area (Å²) >= 11 is 0. The van der Waals surface area contributed by atoms with Crippen molar-refractivity contribution in [2.24, 2.45) is 47.3 Å². The number of hydrogen-bond donors (Lipinski definition) is 0. The first-order chi connectivity index (χ1) is 12.9. The molecule has 0 heterocycles. The van der Waals surface area contributed by atoms with Crippen LogP contribution in [0.2, 0.25) is 0 Å². The summed E-state index contributed by atoms with van der Waals surface area (Å²) < 4.78 is 0. The van der Waals surface area contributed by atoms with Crippen LogP contribution in [0.25, 0.3) is 0 Å². The summed E-state index contributed by atoms with van der Waals surface area (Å²) in [6, 6.07) is 0. The van der Waals surface area contributed by atoms with Crippen molar-refractivity contribution >= 4 is 0 Å². The summed E-state index contributed by atoms with van der Waals surface area (Å²) in [5.74, 6) is 9.17. The van der Waals surface area contributed by atoms with Crippen molar-refractivity contribution in [2.45, 2.75) is 116 Å². The summed E-state index contributed by atoms with van der Waals surface area (Å²) in [5.41, 5.74) is 0. The Morgan fingerprint density at radius 3 is 1.50 bits per heavy atom. The summed E-state index contributed by atoms with van der Waals surface area (Å²) in [5, 5.41) is 0. The second-order valence-corrected chi connectivity index (χ2v) is 11.2. The van der Waals surface area contributed by atoms with Crippen LogP contribution in [0.1, 0.15) is 116 Å². The molecule has 0 N–H and O–H groups in total. The maximum absolute atomic E-state index is 1.63. The summed E-state index contributed by atoms with van der Waals surface area (Å²) in [4.78, 5) is 0. The number of rotatable bonds is 4. The van der Waals surface area contributed by atoms with Gasteiger partial charge in [0.05, 0.1) is 0 Å². The molecule has 148 valence electrons. The van der Waals surface area contributed by atoms with E-state index in [1.54, 1.807) is 103 Å². The molecule has 4 atom stereocenters. The van der Waals surface area contributed by atoms with Crippen molar-refractivity contribution < 1.29 is 0 Å². The van der Waals surface area contributed by atoms with E-state index in [2.05, 4.69) is 0 Å². The van der Waals surface area contributed by atoms with Crippen LogP contribution >= 0.6 is 0 Å². The van der Waals surface area contributed by atoms with Crippen LogP contribution in [0.3, 0.4) is 0 Å². The van der Waals surface area contributed by atoms with E-state index < -0.39 is 0 Å². The third-order valence-corrected chi connectivity index (χ3v) is 10.2. The second-order valence-electron chi connectivity index (χ2n) is 11.2. The van der Waals surface area contributed by atoms with Crippen molar-refractivity contribution in [3.63, 3.8) is 0 Å². The summed E-state index contributed by atoms with van der Waals surface area (Å²) in [6.07, 6.45) is 28.5. The van der Waals surface area contributed by atoms with Gasteiger partial charge in [0.25, 0.3) is 0 Å². The van der Waals surface area contributed by atoms with Gasteiger partial charge < -0.3 is 0 Å². The van der Waals surface area contributed by atoms with Gasteiger partial charge in [-0.2, -0.15) is 0 Å². The van der Waals surface area contributed by atoms with E-state index in [0.717, 1.165) is 47.3 Å². The lowest BCUT2D eigenvalue weighted by Crippen LogP contribution is -2.51. The van der Waals surface area contributed by atoms with Gasteiger partial charge in [0.1, 0.15) is 0 Å². The van der Waals surface area contributed by atoms with E-state index in [1.807, 2.05) is 0 Å². The Hall–Kier alpha value is 0. The predicted molar refractivity (Wildman–Crippen MR) is 111 cm³/mol. The van der Waals surface area contributed by atoms with Gasteiger partial charge in [0.2, 0.25) is 0 Å². The van der Waals surface area contributed by atoms with Crippen molar-refractivity contribution in [2.75, 3.05) is 0 Å². The molecule has 0 spiro atoms. The van der Waals surface area contributed by atoms with E-state index in [0.29, 0.717) is 0 Å². The maximum Gasteiger partial charge on any atom is -0.0324 e. The van der Waals surface area contributed by atoms with Gasteiger partial charge in [-0.15, -0.1) is 0 Å². The van der Waals surface area contributed by atoms with Gasteiger partial charge in [0.15, 0.2) is 0 Å². The molecule has 5 rings (SSSR count). The second kappa shape index (κ2) is 8.16. The first kappa shape index (κ1) is 18.1. The van der Waals surface area contributed by atoms with Crippen molar-refractivity contribution in [3.05, 3.63) is 0 Å². The molecule has 0 amide bonds. The largest absolute Gasteiger partial charge is 0.0533 e. The molecule has 0 nitrogen and oxygen atoms in total. The molecule has 0 bridgehead atoms. The SMILES string of the molecule is C1CCC(C2C3CCCCC3C(CCC3CCC3)C3CCCCC32)CC1. The Morgan fingerprint density at radius 1 is 0.423 bits per heavy atom. The minimum Gasteiger partial charge on any atom is -0.0533 e. The fourth-order valence-corrected chi connectivity index (χ4v) is 8.89. The minimum atomic E-state index is 1.13. The molecule has 5 fully saturated rings. The average Bonchev–Trinajstić information content (AvgIpc) is 2.67. The quantitative estimate of drug-likeness (QED) is 0.478. The van der Waals surface area contributed by atoms with Crippen LogP contribution in [0, 0.1) is 47.3 Å². The van der Waals surface area contributed by atoms with Crippen LogP contribution in [0.4, 0.5) is 0 Å². The molecule has 4 unspecified atom stereocenters. The lowest BCUT2D eigenvalue weighted by atomic mass is 9.47. The normalized spacial score (nSPS) is 44.8. The number of hydrogen-bond acceptors (Lipinski definition) is 0. The number of fused-ring (bicyclic) bond motifs is 2. The maximum atomic E-state index is 1.63. The smallest absolute Gasteiger partial charge is 0.0324 e. The molecule has 0 heteroatoms. The molecule has 5 aliphatic rings. The molecular formula is C26H44. The van der Waals surface area contributed by atoms with Crippen LogP contribution in [-0.4, -0.2) is 0 Å². The van der Waals surface area contributed by atoms with Crippen molar-refractivity contribution in [1.82, 2.24) is 0 Å². The Kier molecular flexibility index (Phi) is 5.67. The zero-order valence-corrected chi connectivity index (χ0v) is 17.3. The summed E-state index contributed by atoms with van der Waals surface area (Å²) in [6.45, 7) is 0. The molecule has 26 heavy (non-hydrogen) atoms. The van der Waals surface area contributed by atoms with Gasteiger partial charge in [-0.25, -0.2) is 0 Å². The van der Waals surface area contributed by atoms with Gasteiger partial charge >= 0.3 is 0 Å². The standard InChI is InChI=1S/C26H44/c1-2-11-20(12-3-1)26-24-15-6-4-13-21(24)23(18-17-19-9-8-10-19)22-14-5-7-16-25(22)26/h19-26H,1-18H2. The molecule has 0 aromatic carbocycles. The third kappa shape index (κ3) is 3.41. The highest BCUT2D eigenvalue weighted by molar-refractivity contribution is 5.01. The zero-order chi connectivity index (χ0) is 17.3. The van der Waals surface area contributed by atoms with Gasteiger partial charge in [-0.3, -0.25) is 0 Å². The van der Waals surface area contributed by atoms with Gasteiger partial charge in [-0.1, -0.05) is 83.5 Å². The first-order valence-corrected chi connectivity index (χ1v) is 12.9. The highest BCUT2D eigenvalue weighted by Crippen LogP contribution is 2.60. The first-order valence-electron chi connectivity index (χ1n) is 12.9. The third-order valence-electron chi connectivity index (χ3n) is 10.2. The molecule has 5 aliphatic carbocycles. The summed E-state index contributed by atoms with van der Waals surface area (Å²) in [7, 11) is 0. The van der Waals surface area contributed by atoms with Crippen LogP contribution in [-0.2, 0) is 0 Å². The molecule has 0 aromatic heterocycles. The average molecular weight is 357 g/mol. The predicted octanol–water partition coefficient (Wildman–Crippen LogP) is 8.01. The molecular weight excluding hydrogens is 312 g/mol. The van der Waals surface area contributed by atoms with E-state index in [9.17, 15) is 0 Å². The lowest BCUT2D eigenvalue weighted by molar-refractivity contribution is -0.0933. The topological polar surface area (TPSA) is 0 Å². The Morgan fingerprint density at radius 2 is 0.962 bits per heavy atom. The Balaban J connectivity index is 1.38. The van der Waals surface area contributed by atoms with Crippen molar-refractivity contribution in [1.29, 1.82) is 0 Å². The van der Waals surface area contributed by atoms with Gasteiger partial charge in [-0.05, 0) is 79.4 Å². The van der Waals surface area contributed by atoms with Crippen molar-refractivity contribution in [3.8, 4) is 0 Å². The highest BCUT2D eigenvalue weighted by atomic mass is 14.6. The molecule has 0 radical (unpaired) electrons. The lowest BCUT2D eigenvalue weighted by Gasteiger charge is -2.58. The molecule has 0 saturated heterocycles. The van der Waals surface area contributed by atoms with Crippen LogP contribution in [0.15, 0.2) is 0 Å².